The molecule has 30 heavy (non-hydrogen) atoms. The fraction of sp³-hybridized carbons (Fsp3) is 0.333. The number of likely N-dealkylation sites (tertiary alicyclic amines) is 1. The van der Waals surface area contributed by atoms with Crippen molar-refractivity contribution in [1.29, 1.82) is 0 Å². The Hall–Kier alpha value is -3.46. The lowest BCUT2D eigenvalue weighted by Gasteiger charge is -2.25. The van der Waals surface area contributed by atoms with Crippen LogP contribution in [0.4, 0.5) is 0 Å². The average Bonchev–Trinajstić information content (AvgIpc) is 3.43. The number of β-amino-alcohol motifs (C(OH)–C–C–N with tert-alkyl or cyclic N) is 1. The SMILES string of the molecule is COc1cc(C(=O)N2CC[C@@](O)(c3ccc(C)cc3)C2)c(-n2cnnn2)cc1OC. The second-order valence-electron chi connectivity index (χ2n) is 7.35. The van der Waals surface area contributed by atoms with Crippen LogP contribution in [0.3, 0.4) is 0 Å². The van der Waals surface area contributed by atoms with E-state index in [9.17, 15) is 9.90 Å². The van der Waals surface area contributed by atoms with E-state index in [0.29, 0.717) is 35.7 Å². The Kier molecular flexibility index (Phi) is 5.13. The molecule has 0 spiro atoms. The first-order valence-electron chi connectivity index (χ1n) is 9.53. The lowest BCUT2D eigenvalue weighted by molar-refractivity contribution is 0.0417. The van der Waals surface area contributed by atoms with Crippen LogP contribution in [-0.2, 0) is 5.60 Å². The number of rotatable bonds is 5. The summed E-state index contributed by atoms with van der Waals surface area (Å²) >= 11 is 0. The molecule has 0 radical (unpaired) electrons. The quantitative estimate of drug-likeness (QED) is 0.684. The van der Waals surface area contributed by atoms with Gasteiger partial charge >= 0.3 is 0 Å². The molecule has 156 valence electrons. The number of benzene rings is 2. The van der Waals surface area contributed by atoms with E-state index < -0.39 is 5.60 Å². The summed E-state index contributed by atoms with van der Waals surface area (Å²) in [6.45, 7) is 2.61. The lowest BCUT2D eigenvalue weighted by atomic mass is 9.92. The molecule has 2 heterocycles. The van der Waals surface area contributed by atoms with Crippen LogP contribution in [0.2, 0.25) is 0 Å². The number of methoxy groups -OCH3 is 2. The van der Waals surface area contributed by atoms with Gasteiger partial charge in [-0.2, -0.15) is 4.68 Å². The van der Waals surface area contributed by atoms with Crippen molar-refractivity contribution >= 4 is 5.91 Å². The summed E-state index contributed by atoms with van der Waals surface area (Å²) in [5, 5.41) is 22.4. The van der Waals surface area contributed by atoms with Gasteiger partial charge in [-0.25, -0.2) is 0 Å². The highest BCUT2D eigenvalue weighted by Crippen LogP contribution is 2.36. The molecule has 1 amide bonds. The van der Waals surface area contributed by atoms with Crippen molar-refractivity contribution in [3.8, 4) is 17.2 Å². The first kappa shape index (κ1) is 19.8. The van der Waals surface area contributed by atoms with Crippen LogP contribution in [0, 0.1) is 6.92 Å². The molecule has 4 rings (SSSR count). The summed E-state index contributed by atoms with van der Waals surface area (Å²) < 4.78 is 12.1. The molecule has 1 aliphatic heterocycles. The number of carbonyl (C=O) groups is 1. The van der Waals surface area contributed by atoms with Gasteiger partial charge in [0.25, 0.3) is 5.91 Å². The fourth-order valence-corrected chi connectivity index (χ4v) is 3.74. The van der Waals surface area contributed by atoms with Crippen LogP contribution in [0.5, 0.6) is 11.5 Å². The summed E-state index contributed by atoms with van der Waals surface area (Å²) in [7, 11) is 3.03. The van der Waals surface area contributed by atoms with Gasteiger partial charge in [0.1, 0.15) is 11.9 Å². The summed E-state index contributed by atoms with van der Waals surface area (Å²) in [5.41, 5.74) is 1.65. The predicted molar refractivity (Wildman–Crippen MR) is 108 cm³/mol. The molecule has 1 atom stereocenters. The van der Waals surface area contributed by atoms with Crippen molar-refractivity contribution in [3.05, 3.63) is 59.4 Å². The molecular weight excluding hydrogens is 386 g/mol. The summed E-state index contributed by atoms with van der Waals surface area (Å²) in [4.78, 5) is 15.1. The molecule has 1 fully saturated rings. The monoisotopic (exact) mass is 409 g/mol. The van der Waals surface area contributed by atoms with Crippen molar-refractivity contribution in [1.82, 2.24) is 25.1 Å². The standard InChI is InChI=1S/C21H23N5O4/c1-14-4-6-15(7-5-14)21(28)8-9-25(12-21)20(27)16-10-18(29-2)19(30-3)11-17(16)26-13-22-23-24-26/h4-7,10-11,13,28H,8-9,12H2,1-3H3/t21-/m0/s1. The highest BCUT2D eigenvalue weighted by atomic mass is 16.5. The Bertz CT molecular complexity index is 1050. The second-order valence-corrected chi connectivity index (χ2v) is 7.35. The number of nitrogens with zero attached hydrogens (tertiary/aromatic N) is 5. The van der Waals surface area contributed by atoms with Crippen LogP contribution >= 0.6 is 0 Å². The Balaban J connectivity index is 1.69. The zero-order valence-electron chi connectivity index (χ0n) is 17.1. The van der Waals surface area contributed by atoms with Crippen molar-refractivity contribution in [3.63, 3.8) is 0 Å². The van der Waals surface area contributed by atoms with Gasteiger partial charge in [0, 0.05) is 12.6 Å². The van der Waals surface area contributed by atoms with E-state index in [0.717, 1.165) is 11.1 Å². The molecule has 0 unspecified atom stereocenters. The van der Waals surface area contributed by atoms with E-state index >= 15 is 0 Å². The zero-order valence-corrected chi connectivity index (χ0v) is 17.1. The van der Waals surface area contributed by atoms with E-state index in [2.05, 4.69) is 15.5 Å². The fourth-order valence-electron chi connectivity index (χ4n) is 3.74. The number of hydrogen-bond donors (Lipinski definition) is 1. The molecule has 1 N–H and O–H groups in total. The minimum Gasteiger partial charge on any atom is -0.493 e. The zero-order chi connectivity index (χ0) is 21.3. The summed E-state index contributed by atoms with van der Waals surface area (Å²) in [6, 6.07) is 11.0. The van der Waals surface area contributed by atoms with Crippen LogP contribution in [-0.4, -0.2) is 63.4 Å². The maximum Gasteiger partial charge on any atom is 0.256 e. The molecule has 9 nitrogen and oxygen atoms in total. The molecular formula is C21H23N5O4. The van der Waals surface area contributed by atoms with Crippen molar-refractivity contribution in [2.24, 2.45) is 0 Å². The predicted octanol–water partition coefficient (Wildman–Crippen LogP) is 1.72. The average molecular weight is 409 g/mol. The second kappa shape index (κ2) is 7.75. The van der Waals surface area contributed by atoms with E-state index in [1.54, 1.807) is 17.0 Å². The van der Waals surface area contributed by atoms with Gasteiger partial charge in [0.05, 0.1) is 32.0 Å². The largest absolute Gasteiger partial charge is 0.493 e. The normalized spacial score (nSPS) is 18.5. The number of carbonyl (C=O) groups excluding carboxylic acids is 1. The molecule has 1 aromatic heterocycles. The van der Waals surface area contributed by atoms with Crippen LogP contribution < -0.4 is 9.47 Å². The highest BCUT2D eigenvalue weighted by Gasteiger charge is 2.40. The van der Waals surface area contributed by atoms with Gasteiger partial charge in [-0.15, -0.1) is 5.10 Å². The molecule has 0 saturated carbocycles. The summed E-state index contributed by atoms with van der Waals surface area (Å²) in [5.74, 6) is 0.632. The third-order valence-electron chi connectivity index (χ3n) is 5.45. The van der Waals surface area contributed by atoms with Gasteiger partial charge < -0.3 is 19.5 Å². The third kappa shape index (κ3) is 3.48. The molecule has 1 saturated heterocycles. The number of aromatic nitrogens is 4. The number of tetrazole rings is 1. The minimum absolute atomic E-state index is 0.193. The Labute approximate surface area is 173 Å². The van der Waals surface area contributed by atoms with Gasteiger partial charge in [-0.05, 0) is 35.4 Å². The number of ether oxygens (including phenoxy) is 2. The first-order valence-corrected chi connectivity index (χ1v) is 9.53. The van der Waals surface area contributed by atoms with Gasteiger partial charge in [0.15, 0.2) is 11.5 Å². The maximum atomic E-state index is 13.4. The third-order valence-corrected chi connectivity index (χ3v) is 5.45. The molecule has 0 bridgehead atoms. The van der Waals surface area contributed by atoms with Crippen molar-refractivity contribution in [2.45, 2.75) is 18.9 Å². The maximum absolute atomic E-state index is 13.4. The van der Waals surface area contributed by atoms with Gasteiger partial charge in [0.2, 0.25) is 0 Å². The Morgan fingerprint density at radius 3 is 2.47 bits per heavy atom. The van der Waals surface area contributed by atoms with Crippen LogP contribution in [0.25, 0.3) is 5.69 Å². The summed E-state index contributed by atoms with van der Waals surface area (Å²) in [6.07, 6.45) is 1.86. The number of aryl methyl sites for hydroxylation is 1. The van der Waals surface area contributed by atoms with E-state index in [4.69, 9.17) is 9.47 Å². The number of aliphatic hydroxyl groups is 1. The molecule has 0 aliphatic carbocycles. The van der Waals surface area contributed by atoms with Gasteiger partial charge in [-0.3, -0.25) is 4.79 Å². The van der Waals surface area contributed by atoms with Gasteiger partial charge in [-0.1, -0.05) is 29.8 Å². The lowest BCUT2D eigenvalue weighted by Crippen LogP contribution is -2.35. The number of amides is 1. The van der Waals surface area contributed by atoms with E-state index in [1.807, 2.05) is 31.2 Å². The molecule has 1 aliphatic rings. The van der Waals surface area contributed by atoms with Crippen LogP contribution in [0.1, 0.15) is 27.9 Å². The first-order chi connectivity index (χ1) is 14.4. The van der Waals surface area contributed by atoms with E-state index in [1.165, 1.54) is 25.2 Å². The molecule has 3 aromatic rings. The molecule has 9 heteroatoms. The highest BCUT2D eigenvalue weighted by molar-refractivity contribution is 5.99. The van der Waals surface area contributed by atoms with E-state index in [-0.39, 0.29) is 12.5 Å². The number of hydrogen-bond acceptors (Lipinski definition) is 7. The smallest absolute Gasteiger partial charge is 0.256 e. The Morgan fingerprint density at radius 2 is 1.83 bits per heavy atom. The Morgan fingerprint density at radius 1 is 1.13 bits per heavy atom. The topological polar surface area (TPSA) is 103 Å². The minimum atomic E-state index is -1.09. The van der Waals surface area contributed by atoms with Crippen molar-refractivity contribution < 1.29 is 19.4 Å². The molecule has 2 aromatic carbocycles. The van der Waals surface area contributed by atoms with Crippen LogP contribution in [0.15, 0.2) is 42.7 Å². The van der Waals surface area contributed by atoms with Crippen molar-refractivity contribution in [2.75, 3.05) is 27.3 Å².